The van der Waals surface area contributed by atoms with Gasteiger partial charge in [-0.1, -0.05) is 160 Å². The van der Waals surface area contributed by atoms with Crippen LogP contribution < -0.4 is 14.5 Å². The second-order valence-corrected chi connectivity index (χ2v) is 20.3. The molecule has 63 heavy (non-hydrogen) atoms. The van der Waals surface area contributed by atoms with Gasteiger partial charge in [-0.05, 0) is 87.8 Å². The number of para-hydroxylation sites is 1. The smallest absolute Gasteiger partial charge is 0.137 e. The van der Waals surface area contributed by atoms with Gasteiger partial charge in [-0.25, -0.2) is 4.98 Å². The van der Waals surface area contributed by atoms with Gasteiger partial charge < -0.3 is 14.5 Å². The van der Waals surface area contributed by atoms with E-state index in [1.807, 2.05) is 6.20 Å². The fourth-order valence-electron chi connectivity index (χ4n) is 9.12. The lowest BCUT2D eigenvalue weighted by molar-refractivity contribution is 0.481. The van der Waals surface area contributed by atoms with Gasteiger partial charge in [-0.3, -0.25) is 4.57 Å². The molecule has 0 aliphatic carbocycles. The number of hydrogen-bond donors (Lipinski definition) is 0. The van der Waals surface area contributed by atoms with Gasteiger partial charge in [0.2, 0.25) is 0 Å². The molecule has 3 heterocycles. The molecule has 0 amide bonds. The molecule has 0 radical (unpaired) electrons. The van der Waals surface area contributed by atoms with Crippen molar-refractivity contribution < 1.29 is 4.74 Å². The molecule has 2 aromatic heterocycles. The van der Waals surface area contributed by atoms with Crippen LogP contribution in [0.15, 0.2) is 176 Å². The average molecular weight is 829 g/mol. The molecule has 0 fully saturated rings. The Morgan fingerprint density at radius 1 is 0.460 bits per heavy atom. The third-order valence-electron chi connectivity index (χ3n) is 13.2. The Kier molecular flexibility index (Phi) is 10.4. The van der Waals surface area contributed by atoms with Crippen LogP contribution in [0.3, 0.4) is 0 Å². The van der Waals surface area contributed by atoms with Crippen molar-refractivity contribution in [2.24, 2.45) is 5.41 Å². The van der Waals surface area contributed by atoms with Gasteiger partial charge in [0.25, 0.3) is 0 Å². The molecular weight excluding hydrogens is 769 g/mol. The van der Waals surface area contributed by atoms with E-state index >= 15 is 0 Å². The molecule has 5 nitrogen and oxygen atoms in total. The minimum Gasteiger partial charge on any atom is -0.457 e. The number of fused-ring (bicyclic) bond motifs is 3. The molecule has 6 aromatic carbocycles. The second-order valence-electron chi connectivity index (χ2n) is 20.3. The first-order valence-electron chi connectivity index (χ1n) is 22.3. The van der Waals surface area contributed by atoms with Gasteiger partial charge in [-0.15, -0.1) is 0 Å². The molecule has 0 spiro atoms. The standard InChI is InChI=1S/C58H60N4O/c1-55(2,3)43-32-44(58(9,10)41-22-15-12-16-23-41)34-46(33-43)60-38-53(56(4,5)6)61(39-60)45-24-19-25-47(36-45)63-48-28-29-50-49-26-17-18-27-51(49)62(52(50)37-48)54-35-42(30-31-59-54)57(7,8)40-20-13-11-14-21-40/h11-38H,39H2,1-10H3. The summed E-state index contributed by atoms with van der Waals surface area (Å²) in [5.41, 5.74) is 11.6. The highest BCUT2D eigenvalue weighted by molar-refractivity contribution is 6.09. The summed E-state index contributed by atoms with van der Waals surface area (Å²) in [7, 11) is 0. The maximum absolute atomic E-state index is 6.80. The number of aromatic nitrogens is 2. The Bertz CT molecular complexity index is 2980. The Morgan fingerprint density at radius 2 is 1.08 bits per heavy atom. The third kappa shape index (κ3) is 7.90. The second kappa shape index (κ2) is 15.6. The maximum atomic E-state index is 6.80. The number of allylic oxidation sites excluding steroid dienone is 1. The summed E-state index contributed by atoms with van der Waals surface area (Å²) in [5.74, 6) is 2.44. The van der Waals surface area contributed by atoms with Crippen molar-refractivity contribution in [3.63, 3.8) is 0 Å². The fourth-order valence-corrected chi connectivity index (χ4v) is 9.12. The van der Waals surface area contributed by atoms with E-state index in [4.69, 9.17) is 9.72 Å². The highest BCUT2D eigenvalue weighted by Crippen LogP contribution is 2.43. The Balaban J connectivity index is 1.06. The topological polar surface area (TPSA) is 33.5 Å². The zero-order valence-corrected chi connectivity index (χ0v) is 38.6. The van der Waals surface area contributed by atoms with Crippen LogP contribution in [0.25, 0.3) is 27.6 Å². The summed E-state index contributed by atoms with van der Waals surface area (Å²) < 4.78 is 9.07. The largest absolute Gasteiger partial charge is 0.457 e. The highest BCUT2D eigenvalue weighted by atomic mass is 16.5. The monoisotopic (exact) mass is 828 g/mol. The van der Waals surface area contributed by atoms with E-state index < -0.39 is 0 Å². The third-order valence-corrected chi connectivity index (χ3v) is 13.2. The van der Waals surface area contributed by atoms with Gasteiger partial charge >= 0.3 is 0 Å². The zero-order chi connectivity index (χ0) is 44.3. The van der Waals surface area contributed by atoms with Crippen LogP contribution in [0.1, 0.15) is 97.1 Å². The summed E-state index contributed by atoms with van der Waals surface area (Å²) in [4.78, 5) is 9.83. The van der Waals surface area contributed by atoms with E-state index in [1.165, 1.54) is 44.6 Å². The SMILES string of the molecule is CC(C)(C)C1=CN(c2cc(C(C)(C)C)cc(C(C)(C)c3ccccc3)c2)CN1c1cccc(Oc2ccc3c4ccccc4n(-c4cc(C(C)(C)c5ccccc5)ccn4)c3c2)c1. The van der Waals surface area contributed by atoms with Crippen LogP contribution in [0, 0.1) is 5.41 Å². The molecule has 0 unspecified atom stereocenters. The quantitative estimate of drug-likeness (QED) is 0.145. The molecule has 5 heteroatoms. The molecule has 0 N–H and O–H groups in total. The molecule has 0 saturated carbocycles. The van der Waals surface area contributed by atoms with Crippen LogP contribution in [0.2, 0.25) is 0 Å². The van der Waals surface area contributed by atoms with Crippen molar-refractivity contribution in [1.82, 2.24) is 9.55 Å². The van der Waals surface area contributed by atoms with Gasteiger partial charge in [0.15, 0.2) is 0 Å². The summed E-state index contributed by atoms with van der Waals surface area (Å²) in [5, 5.41) is 2.34. The molecule has 0 bridgehead atoms. The van der Waals surface area contributed by atoms with E-state index in [9.17, 15) is 0 Å². The first kappa shape index (κ1) is 41.7. The normalized spacial score (nSPS) is 13.8. The lowest BCUT2D eigenvalue weighted by Crippen LogP contribution is -2.31. The van der Waals surface area contributed by atoms with E-state index in [0.717, 1.165) is 39.4 Å². The van der Waals surface area contributed by atoms with Crippen molar-refractivity contribution in [3.8, 4) is 17.3 Å². The number of ether oxygens (including phenoxy) is 1. The van der Waals surface area contributed by atoms with Crippen molar-refractivity contribution >= 4 is 33.2 Å². The molecular formula is C58H60N4O. The van der Waals surface area contributed by atoms with E-state index in [0.29, 0.717) is 6.67 Å². The van der Waals surface area contributed by atoms with Crippen molar-refractivity contribution in [2.45, 2.75) is 85.5 Å². The van der Waals surface area contributed by atoms with Crippen molar-refractivity contribution in [3.05, 3.63) is 204 Å². The van der Waals surface area contributed by atoms with Crippen LogP contribution in [0.5, 0.6) is 11.5 Å². The number of nitrogens with zero attached hydrogens (tertiary/aromatic N) is 4. The zero-order valence-electron chi connectivity index (χ0n) is 38.6. The lowest BCUT2D eigenvalue weighted by atomic mass is 9.75. The summed E-state index contributed by atoms with van der Waals surface area (Å²) in [6.07, 6.45) is 4.29. The number of rotatable bonds is 9. The number of anilines is 2. The van der Waals surface area contributed by atoms with Crippen molar-refractivity contribution in [1.29, 1.82) is 0 Å². The maximum Gasteiger partial charge on any atom is 0.137 e. The average Bonchev–Trinajstić information content (AvgIpc) is 3.88. The van der Waals surface area contributed by atoms with Gasteiger partial charge in [-0.2, -0.15) is 0 Å². The van der Waals surface area contributed by atoms with Gasteiger partial charge in [0.05, 0.1) is 17.7 Å². The molecule has 318 valence electrons. The Labute approximate surface area is 374 Å². The highest BCUT2D eigenvalue weighted by Gasteiger charge is 2.33. The van der Waals surface area contributed by atoms with Gasteiger partial charge in [0.1, 0.15) is 17.3 Å². The summed E-state index contributed by atoms with van der Waals surface area (Å²) in [6.45, 7) is 23.7. The van der Waals surface area contributed by atoms with E-state index in [1.54, 1.807) is 0 Å². The van der Waals surface area contributed by atoms with E-state index in [2.05, 4.69) is 248 Å². The number of hydrogen-bond acceptors (Lipinski definition) is 4. The predicted molar refractivity (Wildman–Crippen MR) is 265 cm³/mol. The summed E-state index contributed by atoms with van der Waals surface area (Å²) >= 11 is 0. The fraction of sp³-hybridized carbons (Fsp3) is 0.259. The number of benzene rings is 6. The molecule has 1 aliphatic rings. The molecule has 1 aliphatic heterocycles. The predicted octanol–water partition coefficient (Wildman–Crippen LogP) is 15.1. The van der Waals surface area contributed by atoms with Gasteiger partial charge in [0, 0.05) is 68.6 Å². The minimum atomic E-state index is -0.204. The van der Waals surface area contributed by atoms with Crippen LogP contribution in [-0.2, 0) is 16.2 Å². The van der Waals surface area contributed by atoms with Crippen LogP contribution >= 0.6 is 0 Å². The van der Waals surface area contributed by atoms with Crippen molar-refractivity contribution in [2.75, 3.05) is 16.5 Å². The minimum absolute atomic E-state index is 0.0175. The summed E-state index contributed by atoms with van der Waals surface area (Å²) in [6, 6.07) is 56.7. The molecule has 0 atom stereocenters. The Morgan fingerprint density at radius 3 is 1.76 bits per heavy atom. The molecule has 9 rings (SSSR count). The Hall–Kier alpha value is -6.59. The van der Waals surface area contributed by atoms with Crippen LogP contribution in [-0.4, -0.2) is 16.2 Å². The van der Waals surface area contributed by atoms with E-state index in [-0.39, 0.29) is 21.7 Å². The molecule has 8 aromatic rings. The molecule has 0 saturated heterocycles. The first-order valence-corrected chi connectivity index (χ1v) is 22.3. The number of pyridine rings is 1. The van der Waals surface area contributed by atoms with Crippen LogP contribution in [0.4, 0.5) is 11.4 Å². The first-order chi connectivity index (χ1) is 30.0. The lowest BCUT2D eigenvalue weighted by Gasteiger charge is -2.32.